The van der Waals surface area contributed by atoms with E-state index >= 15 is 0 Å². The fraction of sp³-hybridized carbons (Fsp3) is 1.00. The van der Waals surface area contributed by atoms with Crippen LogP contribution in [0.5, 0.6) is 0 Å². The maximum Gasteiger partial charge on any atom is 0.457 e. The van der Waals surface area contributed by atoms with Gasteiger partial charge >= 0.3 is 14.5 Å². The molecule has 1 fully saturated rings. The summed E-state index contributed by atoms with van der Waals surface area (Å²) in [6, 6.07) is 0. The van der Waals surface area contributed by atoms with Crippen LogP contribution in [0.2, 0.25) is 11.1 Å². The van der Waals surface area contributed by atoms with Crippen molar-refractivity contribution in [3.63, 3.8) is 0 Å². The summed E-state index contributed by atoms with van der Waals surface area (Å²) >= 11 is -0.595. The van der Waals surface area contributed by atoms with Crippen molar-refractivity contribution in [2.75, 3.05) is 6.61 Å². The van der Waals surface area contributed by atoms with Crippen molar-refractivity contribution in [2.45, 2.75) is 69.9 Å². The summed E-state index contributed by atoms with van der Waals surface area (Å²) in [6.45, 7) is 5.54. The number of hydrogen-bond donors (Lipinski definition) is 0. The highest BCUT2D eigenvalue weighted by Gasteiger charge is 2.15. The molecule has 2 heteroatoms. The first-order valence-electron chi connectivity index (χ1n) is 6.42. The van der Waals surface area contributed by atoms with Crippen molar-refractivity contribution < 1.29 is 3.79 Å². The molecule has 0 aromatic heterocycles. The summed E-state index contributed by atoms with van der Waals surface area (Å²) in [4.78, 5) is 0. The second-order valence-electron chi connectivity index (χ2n) is 4.24. The van der Waals surface area contributed by atoms with E-state index < -0.39 is 14.5 Å². The van der Waals surface area contributed by atoms with E-state index in [4.69, 9.17) is 3.79 Å². The fourth-order valence-corrected chi connectivity index (χ4v) is 3.18. The molecule has 1 nitrogen and oxygen atoms in total. The Morgan fingerprint density at radius 3 is 1.93 bits per heavy atom. The second-order valence-corrected chi connectivity index (χ2v) is 6.77. The molecule has 0 N–H and O–H groups in total. The van der Waals surface area contributed by atoms with E-state index in [1.54, 1.807) is 0 Å². The zero-order chi connectivity index (χ0) is 10.6. The quantitative estimate of drug-likeness (QED) is 0.498. The molecule has 1 saturated heterocycles. The predicted octanol–water partition coefficient (Wildman–Crippen LogP) is 4.39. The molecule has 0 aromatic carbocycles. The van der Waals surface area contributed by atoms with Crippen molar-refractivity contribution in [1.29, 1.82) is 0 Å². The molecule has 0 saturated carbocycles. The van der Waals surface area contributed by atoms with Crippen LogP contribution in [-0.2, 0) is 3.79 Å². The Hall–Kier alpha value is 0.492. The zero-order valence-electron chi connectivity index (χ0n) is 10.3. The Morgan fingerprint density at radius 1 is 1.00 bits per heavy atom. The molecule has 14 heavy (non-hydrogen) atoms. The first-order valence-corrected chi connectivity index (χ1v) is 8.87. The summed E-state index contributed by atoms with van der Waals surface area (Å²) in [5.74, 6) is 2.28. The smallest absolute Gasteiger partial charge is 0.457 e. The van der Waals surface area contributed by atoms with Crippen LogP contribution < -0.4 is 0 Å². The fourth-order valence-electron chi connectivity index (χ4n) is 1.58. The van der Waals surface area contributed by atoms with Crippen LogP contribution in [0.4, 0.5) is 0 Å². The predicted molar refractivity (Wildman–Crippen MR) is 66.0 cm³/mol. The molecule has 1 aliphatic rings. The lowest BCUT2D eigenvalue weighted by atomic mass is 10.2. The first kappa shape index (κ1) is 14.5. The minimum atomic E-state index is -0.595. The van der Waals surface area contributed by atoms with Crippen LogP contribution in [0.25, 0.3) is 0 Å². The Labute approximate surface area is 95.0 Å². The lowest BCUT2D eigenvalue weighted by Gasteiger charge is -2.13. The normalized spacial score (nSPS) is 16.1. The number of unbranched alkanes of at least 4 members (excludes halogenated alkanes) is 4. The van der Waals surface area contributed by atoms with Gasteiger partial charge in [0.2, 0.25) is 0 Å². The van der Waals surface area contributed by atoms with Gasteiger partial charge in [-0.1, -0.05) is 63.4 Å². The molecule has 0 aromatic rings. The largest absolute Gasteiger partial charge is 0.501 e. The third kappa shape index (κ3) is 10.6. The SMILES string of the molecule is CCCCCCC.[CH3][Al]1[CH2]CCC[O]1. The van der Waals surface area contributed by atoms with Gasteiger partial charge in [0.1, 0.15) is 0 Å². The summed E-state index contributed by atoms with van der Waals surface area (Å²) < 4.78 is 5.42. The highest BCUT2D eigenvalue weighted by atomic mass is 27.2. The molecule has 1 aliphatic heterocycles. The third-order valence-corrected chi connectivity index (χ3v) is 4.64. The topological polar surface area (TPSA) is 9.23 Å². The van der Waals surface area contributed by atoms with Crippen LogP contribution >= 0.6 is 0 Å². The molecule has 0 atom stereocenters. The Bertz CT molecular complexity index is 96.5. The number of rotatable bonds is 4. The van der Waals surface area contributed by atoms with E-state index in [1.165, 1.54) is 50.2 Å². The zero-order valence-corrected chi connectivity index (χ0v) is 11.5. The van der Waals surface area contributed by atoms with Crippen molar-refractivity contribution in [3.05, 3.63) is 0 Å². The Balaban J connectivity index is 0.000000241. The van der Waals surface area contributed by atoms with Gasteiger partial charge in [-0.3, -0.25) is 0 Å². The van der Waals surface area contributed by atoms with Gasteiger partial charge in [-0.05, 0) is 6.42 Å². The molecule has 0 unspecified atom stereocenters. The number of hydrogen-bond acceptors (Lipinski definition) is 1. The molecule has 0 radical (unpaired) electrons. The minimum Gasteiger partial charge on any atom is -0.501 e. The molecular weight excluding hydrogens is 187 g/mol. The first-order chi connectivity index (χ1) is 6.81. The van der Waals surface area contributed by atoms with Crippen molar-refractivity contribution in [1.82, 2.24) is 0 Å². The molecule has 0 bridgehead atoms. The Kier molecular flexibility index (Phi) is 12.0. The van der Waals surface area contributed by atoms with Gasteiger partial charge in [-0.15, -0.1) is 0 Å². The average molecular weight is 214 g/mol. The summed E-state index contributed by atoms with van der Waals surface area (Å²) in [6.07, 6.45) is 9.74. The minimum absolute atomic E-state index is 0.595. The van der Waals surface area contributed by atoms with Gasteiger partial charge in [0.05, 0.1) is 0 Å². The lowest BCUT2D eigenvalue weighted by molar-refractivity contribution is 0.291. The summed E-state index contributed by atoms with van der Waals surface area (Å²) in [5.41, 5.74) is 0. The van der Waals surface area contributed by atoms with Gasteiger partial charge in [-0.25, -0.2) is 0 Å². The maximum absolute atomic E-state index is 5.42. The summed E-state index contributed by atoms with van der Waals surface area (Å²) in [5, 5.41) is 1.40. The van der Waals surface area contributed by atoms with E-state index in [9.17, 15) is 0 Å². The van der Waals surface area contributed by atoms with Crippen LogP contribution in [0, 0.1) is 0 Å². The van der Waals surface area contributed by atoms with Crippen molar-refractivity contribution in [2.24, 2.45) is 0 Å². The van der Waals surface area contributed by atoms with Gasteiger partial charge in [-0.2, -0.15) is 0 Å². The lowest BCUT2D eigenvalue weighted by Crippen LogP contribution is -2.18. The molecular formula is C12H27AlO. The third-order valence-electron chi connectivity index (χ3n) is 2.61. The van der Waals surface area contributed by atoms with E-state index in [1.807, 2.05) is 0 Å². The van der Waals surface area contributed by atoms with Gasteiger partial charge in [0.15, 0.2) is 0 Å². The highest BCUT2D eigenvalue weighted by molar-refractivity contribution is 6.50. The maximum atomic E-state index is 5.42. The van der Waals surface area contributed by atoms with Crippen LogP contribution in [0.1, 0.15) is 58.8 Å². The van der Waals surface area contributed by atoms with Crippen LogP contribution in [0.3, 0.4) is 0 Å². The Morgan fingerprint density at radius 2 is 1.64 bits per heavy atom. The van der Waals surface area contributed by atoms with Gasteiger partial charge in [0, 0.05) is 6.61 Å². The standard InChI is InChI=1S/C7H16.C4H8O.CH3.Al/c1-3-5-7-6-4-2;1-2-3-4-5;;/h3-7H2,1-2H3;1-4H2;1H3;/q;-1;;+1. The molecule has 0 spiro atoms. The molecule has 0 amide bonds. The van der Waals surface area contributed by atoms with E-state index in [2.05, 4.69) is 19.6 Å². The van der Waals surface area contributed by atoms with E-state index in [0.717, 1.165) is 6.61 Å². The highest BCUT2D eigenvalue weighted by Crippen LogP contribution is 2.09. The van der Waals surface area contributed by atoms with E-state index in [0.29, 0.717) is 0 Å². The van der Waals surface area contributed by atoms with Crippen LogP contribution in [0.15, 0.2) is 0 Å². The van der Waals surface area contributed by atoms with Crippen molar-refractivity contribution in [3.8, 4) is 0 Å². The van der Waals surface area contributed by atoms with Gasteiger partial charge in [0.25, 0.3) is 0 Å². The molecule has 0 aliphatic carbocycles. The van der Waals surface area contributed by atoms with E-state index in [-0.39, 0.29) is 0 Å². The molecule has 1 heterocycles. The van der Waals surface area contributed by atoms with Crippen molar-refractivity contribution >= 4 is 14.5 Å². The average Bonchev–Trinajstić information content (AvgIpc) is 2.21. The molecule has 1 rings (SSSR count). The van der Waals surface area contributed by atoms with Gasteiger partial charge < -0.3 is 3.79 Å². The molecule has 84 valence electrons. The monoisotopic (exact) mass is 214 g/mol. The van der Waals surface area contributed by atoms with Crippen LogP contribution in [-0.4, -0.2) is 21.1 Å². The second kappa shape index (κ2) is 11.6. The summed E-state index contributed by atoms with van der Waals surface area (Å²) in [7, 11) is 0.